The average Bonchev–Trinajstić information content (AvgIpc) is 3.08. The second-order valence-electron chi connectivity index (χ2n) is 6.37. The Kier molecular flexibility index (Phi) is 5.40. The van der Waals surface area contributed by atoms with E-state index in [1.807, 2.05) is 13.0 Å². The van der Waals surface area contributed by atoms with E-state index in [-0.39, 0.29) is 11.8 Å². The molecule has 27 heavy (non-hydrogen) atoms. The summed E-state index contributed by atoms with van der Waals surface area (Å²) in [5.74, 6) is -0.660. The van der Waals surface area contributed by atoms with Crippen molar-refractivity contribution in [3.05, 3.63) is 59.7 Å². The lowest BCUT2D eigenvalue weighted by molar-refractivity contribution is -0.117. The van der Waals surface area contributed by atoms with Gasteiger partial charge in [0, 0.05) is 16.9 Å². The average molecular weight is 367 g/mol. The van der Waals surface area contributed by atoms with Gasteiger partial charge in [-0.25, -0.2) is 4.79 Å². The standard InChI is InChI=1S/C20H21N3O4/c1-13-5-3-6-15(11-13)19(25)21-14(2)18(24)22-16-7-4-8-17(12-16)23-9-10-27-20(23)26/h3-8,11-12,14H,9-10H2,1-2H3,(H,21,25)(H,22,24). The SMILES string of the molecule is Cc1cccc(C(=O)NC(C)C(=O)Nc2cccc(N3CCOC3=O)c2)c1. The largest absolute Gasteiger partial charge is 0.447 e. The summed E-state index contributed by atoms with van der Waals surface area (Å²) in [5.41, 5.74) is 2.65. The number of rotatable bonds is 5. The van der Waals surface area contributed by atoms with Crippen LogP contribution in [0.25, 0.3) is 0 Å². The Morgan fingerprint density at radius 2 is 1.93 bits per heavy atom. The number of carbonyl (C=O) groups is 3. The van der Waals surface area contributed by atoms with E-state index in [9.17, 15) is 14.4 Å². The van der Waals surface area contributed by atoms with Gasteiger partial charge in [0.15, 0.2) is 0 Å². The maximum absolute atomic E-state index is 12.4. The molecule has 7 nitrogen and oxygen atoms in total. The molecule has 3 amide bonds. The second-order valence-corrected chi connectivity index (χ2v) is 6.37. The smallest absolute Gasteiger partial charge is 0.414 e. The van der Waals surface area contributed by atoms with Gasteiger partial charge in [-0.15, -0.1) is 0 Å². The summed E-state index contributed by atoms with van der Waals surface area (Å²) < 4.78 is 4.93. The Morgan fingerprint density at radius 1 is 1.15 bits per heavy atom. The minimum absolute atomic E-state index is 0.310. The van der Waals surface area contributed by atoms with Crippen LogP contribution in [0.5, 0.6) is 0 Å². The summed E-state index contributed by atoms with van der Waals surface area (Å²) in [6.45, 7) is 4.33. The Labute approximate surface area is 157 Å². The topological polar surface area (TPSA) is 87.7 Å². The van der Waals surface area contributed by atoms with Crippen LogP contribution in [-0.4, -0.2) is 37.1 Å². The van der Waals surface area contributed by atoms with Gasteiger partial charge in [0.05, 0.1) is 6.54 Å². The molecule has 140 valence electrons. The van der Waals surface area contributed by atoms with Crippen LogP contribution in [0.3, 0.4) is 0 Å². The number of cyclic esters (lactones) is 1. The van der Waals surface area contributed by atoms with E-state index in [0.717, 1.165) is 5.56 Å². The van der Waals surface area contributed by atoms with Gasteiger partial charge in [-0.2, -0.15) is 0 Å². The molecular formula is C20H21N3O4. The molecule has 2 N–H and O–H groups in total. The van der Waals surface area contributed by atoms with Gasteiger partial charge in [0.1, 0.15) is 12.6 Å². The maximum atomic E-state index is 12.4. The highest BCUT2D eigenvalue weighted by Gasteiger charge is 2.24. The zero-order chi connectivity index (χ0) is 19.4. The van der Waals surface area contributed by atoms with E-state index in [1.165, 1.54) is 4.90 Å². The normalized spacial score (nSPS) is 14.4. The summed E-state index contributed by atoms with van der Waals surface area (Å²) in [6, 6.07) is 13.4. The number of nitrogens with one attached hydrogen (secondary N) is 2. The fourth-order valence-corrected chi connectivity index (χ4v) is 2.76. The predicted octanol–water partition coefficient (Wildman–Crippen LogP) is 2.71. The van der Waals surface area contributed by atoms with Crippen molar-refractivity contribution in [2.75, 3.05) is 23.4 Å². The first-order valence-electron chi connectivity index (χ1n) is 8.67. The molecule has 1 heterocycles. The van der Waals surface area contributed by atoms with Gasteiger partial charge in [-0.3, -0.25) is 14.5 Å². The van der Waals surface area contributed by atoms with Crippen molar-refractivity contribution < 1.29 is 19.1 Å². The number of hydrogen-bond acceptors (Lipinski definition) is 4. The van der Waals surface area contributed by atoms with Gasteiger partial charge >= 0.3 is 6.09 Å². The first-order chi connectivity index (χ1) is 12.9. The van der Waals surface area contributed by atoms with Gasteiger partial charge in [0.2, 0.25) is 5.91 Å². The van der Waals surface area contributed by atoms with Crippen molar-refractivity contribution in [3.8, 4) is 0 Å². The lowest BCUT2D eigenvalue weighted by atomic mass is 10.1. The minimum atomic E-state index is -0.724. The summed E-state index contributed by atoms with van der Waals surface area (Å²) in [5, 5.41) is 5.44. The summed E-state index contributed by atoms with van der Waals surface area (Å²) >= 11 is 0. The maximum Gasteiger partial charge on any atom is 0.414 e. The molecule has 0 aromatic heterocycles. The zero-order valence-electron chi connectivity index (χ0n) is 15.2. The molecule has 1 unspecified atom stereocenters. The van der Waals surface area contributed by atoms with Gasteiger partial charge in [0.25, 0.3) is 5.91 Å². The number of amides is 3. The Morgan fingerprint density at radius 3 is 2.63 bits per heavy atom. The summed E-state index contributed by atoms with van der Waals surface area (Å²) in [4.78, 5) is 37.9. The highest BCUT2D eigenvalue weighted by molar-refractivity contribution is 6.01. The number of carbonyl (C=O) groups excluding carboxylic acids is 3. The van der Waals surface area contributed by atoms with Crippen LogP contribution in [0.4, 0.5) is 16.2 Å². The molecule has 1 saturated heterocycles. The molecule has 3 rings (SSSR count). The molecule has 0 bridgehead atoms. The molecule has 1 aliphatic rings. The van der Waals surface area contributed by atoms with Crippen molar-refractivity contribution in [2.24, 2.45) is 0 Å². The Bertz CT molecular complexity index is 881. The third-order valence-corrected chi connectivity index (χ3v) is 4.21. The molecule has 1 aliphatic heterocycles. The lowest BCUT2D eigenvalue weighted by Crippen LogP contribution is -2.41. The summed E-state index contributed by atoms with van der Waals surface area (Å²) in [6.07, 6.45) is -0.405. The first-order valence-corrected chi connectivity index (χ1v) is 8.67. The highest BCUT2D eigenvalue weighted by atomic mass is 16.6. The van der Waals surface area contributed by atoms with Crippen molar-refractivity contribution >= 4 is 29.3 Å². The van der Waals surface area contributed by atoms with E-state index in [4.69, 9.17) is 4.74 Å². The molecule has 0 aliphatic carbocycles. The van der Waals surface area contributed by atoms with E-state index in [0.29, 0.717) is 30.1 Å². The van der Waals surface area contributed by atoms with Crippen molar-refractivity contribution in [1.82, 2.24) is 5.32 Å². The highest BCUT2D eigenvalue weighted by Crippen LogP contribution is 2.22. The van der Waals surface area contributed by atoms with Crippen LogP contribution in [0, 0.1) is 6.92 Å². The van der Waals surface area contributed by atoms with Crippen LogP contribution in [0.2, 0.25) is 0 Å². The number of ether oxygens (including phenoxy) is 1. The quantitative estimate of drug-likeness (QED) is 0.851. The third kappa shape index (κ3) is 4.44. The van der Waals surface area contributed by atoms with Crippen LogP contribution < -0.4 is 15.5 Å². The van der Waals surface area contributed by atoms with Crippen LogP contribution in [0.15, 0.2) is 48.5 Å². The molecule has 2 aromatic carbocycles. The minimum Gasteiger partial charge on any atom is -0.447 e. The molecule has 0 radical (unpaired) electrons. The fourth-order valence-electron chi connectivity index (χ4n) is 2.76. The van der Waals surface area contributed by atoms with Crippen LogP contribution in [0.1, 0.15) is 22.8 Å². The van der Waals surface area contributed by atoms with E-state index < -0.39 is 12.1 Å². The molecular weight excluding hydrogens is 346 g/mol. The first kappa shape index (κ1) is 18.4. The number of aryl methyl sites for hydroxylation is 1. The fraction of sp³-hybridized carbons (Fsp3) is 0.250. The molecule has 0 spiro atoms. The zero-order valence-corrected chi connectivity index (χ0v) is 15.2. The van der Waals surface area contributed by atoms with E-state index in [1.54, 1.807) is 49.4 Å². The van der Waals surface area contributed by atoms with Gasteiger partial charge < -0.3 is 15.4 Å². The van der Waals surface area contributed by atoms with Crippen molar-refractivity contribution in [1.29, 1.82) is 0 Å². The Balaban J connectivity index is 1.63. The molecule has 7 heteroatoms. The third-order valence-electron chi connectivity index (χ3n) is 4.21. The Hall–Kier alpha value is -3.35. The van der Waals surface area contributed by atoms with E-state index in [2.05, 4.69) is 10.6 Å². The number of anilines is 2. The van der Waals surface area contributed by atoms with E-state index >= 15 is 0 Å². The lowest BCUT2D eigenvalue weighted by Gasteiger charge is -2.16. The number of benzene rings is 2. The monoisotopic (exact) mass is 367 g/mol. The van der Waals surface area contributed by atoms with Crippen molar-refractivity contribution in [2.45, 2.75) is 19.9 Å². The van der Waals surface area contributed by atoms with Gasteiger partial charge in [-0.1, -0.05) is 23.8 Å². The number of nitrogens with zero attached hydrogens (tertiary/aromatic N) is 1. The number of hydrogen-bond donors (Lipinski definition) is 2. The van der Waals surface area contributed by atoms with Crippen LogP contribution >= 0.6 is 0 Å². The second kappa shape index (κ2) is 7.90. The molecule has 0 saturated carbocycles. The molecule has 2 aromatic rings. The van der Waals surface area contributed by atoms with Crippen LogP contribution in [-0.2, 0) is 9.53 Å². The predicted molar refractivity (Wildman–Crippen MR) is 102 cm³/mol. The van der Waals surface area contributed by atoms with Gasteiger partial charge in [-0.05, 0) is 44.2 Å². The van der Waals surface area contributed by atoms with Crippen molar-refractivity contribution in [3.63, 3.8) is 0 Å². The molecule has 1 fully saturated rings. The summed E-state index contributed by atoms with van der Waals surface area (Å²) in [7, 11) is 0. The molecule has 1 atom stereocenters.